The van der Waals surface area contributed by atoms with Gasteiger partial charge in [0, 0.05) is 0 Å². The Morgan fingerprint density at radius 2 is 2.22 bits per heavy atom. The van der Waals surface area contributed by atoms with Gasteiger partial charge in [0.1, 0.15) is 12.4 Å². The molecule has 9 heavy (non-hydrogen) atoms. The summed E-state index contributed by atoms with van der Waals surface area (Å²) in [5.41, 5.74) is 0.186. The van der Waals surface area contributed by atoms with Gasteiger partial charge >= 0.3 is 0 Å². The van der Waals surface area contributed by atoms with Crippen LogP contribution in [0.15, 0.2) is 0 Å². The van der Waals surface area contributed by atoms with Gasteiger partial charge in [-0.15, -0.1) is 0 Å². The van der Waals surface area contributed by atoms with Gasteiger partial charge in [0.25, 0.3) is 0 Å². The fourth-order valence-corrected chi connectivity index (χ4v) is 1.45. The van der Waals surface area contributed by atoms with Gasteiger partial charge in [-0.25, -0.2) is 0 Å². The zero-order valence-electron chi connectivity index (χ0n) is 5.30. The van der Waals surface area contributed by atoms with Crippen molar-refractivity contribution in [2.24, 2.45) is 0 Å². The number of carbonyl (C=O) groups is 1. The normalized spacial score (nSPS) is 37.1. The number of carbonyl (C=O) groups excluding carboxylic acids is 1. The van der Waals surface area contributed by atoms with Crippen LogP contribution in [0.5, 0.6) is 0 Å². The number of hydrogen-bond acceptors (Lipinski definition) is 2. The second kappa shape index (κ2) is 1.57. The van der Waals surface area contributed by atoms with Crippen molar-refractivity contribution in [3.8, 4) is 0 Å². The lowest BCUT2D eigenvalue weighted by Gasteiger charge is -2.04. The highest BCUT2D eigenvalue weighted by atomic mass is 16.5. The van der Waals surface area contributed by atoms with Crippen LogP contribution in [0.2, 0.25) is 0 Å². The maximum atomic E-state index is 10.2. The van der Waals surface area contributed by atoms with Gasteiger partial charge in [-0.3, -0.25) is 0 Å². The van der Waals surface area contributed by atoms with Crippen molar-refractivity contribution >= 4 is 6.29 Å². The molecule has 1 aliphatic heterocycles. The fraction of sp³-hybridized carbons (Fsp3) is 0.857. The molecule has 2 aliphatic rings. The van der Waals surface area contributed by atoms with E-state index in [9.17, 15) is 4.79 Å². The Bertz CT molecular complexity index is 138. The highest BCUT2D eigenvalue weighted by Gasteiger charge is 2.49. The van der Waals surface area contributed by atoms with Crippen LogP contribution in [0.1, 0.15) is 25.7 Å². The molecule has 50 valence electrons. The molecule has 2 nitrogen and oxygen atoms in total. The van der Waals surface area contributed by atoms with Gasteiger partial charge < -0.3 is 9.53 Å². The summed E-state index contributed by atoms with van der Waals surface area (Å²) < 4.78 is 5.44. The topological polar surface area (TPSA) is 26.3 Å². The third-order valence-electron chi connectivity index (χ3n) is 2.25. The predicted molar refractivity (Wildman–Crippen MR) is 32.1 cm³/mol. The fourth-order valence-electron chi connectivity index (χ4n) is 1.45. The first-order valence-electron chi connectivity index (χ1n) is 3.48. The second-order valence-electron chi connectivity index (χ2n) is 3.01. The Balaban J connectivity index is 2.00. The lowest BCUT2D eigenvalue weighted by atomic mass is 10.2. The Hall–Kier alpha value is -0.370. The van der Waals surface area contributed by atoms with E-state index in [1.165, 1.54) is 12.8 Å². The molecule has 1 heterocycles. The first-order chi connectivity index (χ1) is 4.35. The van der Waals surface area contributed by atoms with Gasteiger partial charge in [-0.1, -0.05) is 0 Å². The van der Waals surface area contributed by atoms with E-state index in [1.54, 1.807) is 0 Å². The standard InChI is InChI=1S/C7H10O2/c8-5-6-1-2-7(9-6)3-4-7/h5-6H,1-4H2. The first kappa shape index (κ1) is 5.42. The summed E-state index contributed by atoms with van der Waals surface area (Å²) in [6.45, 7) is 0. The van der Waals surface area contributed by atoms with Crippen LogP contribution >= 0.6 is 0 Å². The van der Waals surface area contributed by atoms with Gasteiger partial charge in [0.15, 0.2) is 0 Å². The maximum Gasteiger partial charge on any atom is 0.148 e. The van der Waals surface area contributed by atoms with Crippen molar-refractivity contribution in [3.05, 3.63) is 0 Å². The molecule has 2 rings (SSSR count). The number of aldehydes is 1. The summed E-state index contributed by atoms with van der Waals surface area (Å²) in [5, 5.41) is 0. The molecule has 0 aromatic heterocycles. The third kappa shape index (κ3) is 0.778. The Kier molecular flexibility index (Phi) is 0.943. The Labute approximate surface area is 54.2 Å². The first-order valence-corrected chi connectivity index (χ1v) is 3.48. The monoisotopic (exact) mass is 126 g/mol. The summed E-state index contributed by atoms with van der Waals surface area (Å²) in [4.78, 5) is 10.2. The van der Waals surface area contributed by atoms with Crippen LogP contribution in [0.4, 0.5) is 0 Å². The van der Waals surface area contributed by atoms with E-state index in [2.05, 4.69) is 0 Å². The molecular formula is C7H10O2. The van der Waals surface area contributed by atoms with E-state index >= 15 is 0 Å². The van der Waals surface area contributed by atoms with Crippen molar-refractivity contribution in [3.63, 3.8) is 0 Å². The smallest absolute Gasteiger partial charge is 0.148 e. The van der Waals surface area contributed by atoms with Gasteiger partial charge in [0.2, 0.25) is 0 Å². The lowest BCUT2D eigenvalue weighted by molar-refractivity contribution is -0.118. The van der Waals surface area contributed by atoms with E-state index < -0.39 is 0 Å². The van der Waals surface area contributed by atoms with E-state index in [4.69, 9.17) is 4.74 Å². The minimum absolute atomic E-state index is 0.0764. The van der Waals surface area contributed by atoms with Gasteiger partial charge in [0.05, 0.1) is 5.60 Å². The van der Waals surface area contributed by atoms with E-state index in [0.29, 0.717) is 0 Å². The van der Waals surface area contributed by atoms with Crippen molar-refractivity contribution in [1.82, 2.24) is 0 Å². The van der Waals surface area contributed by atoms with Crippen molar-refractivity contribution < 1.29 is 9.53 Å². The summed E-state index contributed by atoms with van der Waals surface area (Å²) >= 11 is 0. The predicted octanol–water partition coefficient (Wildman–Crippen LogP) is 0.897. The molecule has 0 amide bonds. The summed E-state index contributed by atoms with van der Waals surface area (Å²) in [7, 11) is 0. The Morgan fingerprint density at radius 3 is 2.56 bits per heavy atom. The zero-order valence-corrected chi connectivity index (χ0v) is 5.30. The molecule has 0 radical (unpaired) electrons. The quantitative estimate of drug-likeness (QED) is 0.488. The van der Waals surface area contributed by atoms with Crippen LogP contribution in [0.25, 0.3) is 0 Å². The van der Waals surface area contributed by atoms with Crippen LogP contribution in [-0.2, 0) is 9.53 Å². The summed E-state index contributed by atoms with van der Waals surface area (Å²) in [6, 6.07) is 0. The minimum atomic E-state index is -0.0764. The second-order valence-corrected chi connectivity index (χ2v) is 3.01. The molecule has 2 fully saturated rings. The minimum Gasteiger partial charge on any atom is -0.364 e. The molecule has 1 aliphatic carbocycles. The molecule has 0 N–H and O–H groups in total. The summed E-state index contributed by atoms with van der Waals surface area (Å²) in [6.07, 6.45) is 5.26. The number of rotatable bonds is 1. The summed E-state index contributed by atoms with van der Waals surface area (Å²) in [5.74, 6) is 0. The van der Waals surface area contributed by atoms with Crippen LogP contribution < -0.4 is 0 Å². The third-order valence-corrected chi connectivity index (χ3v) is 2.25. The van der Waals surface area contributed by atoms with E-state index in [-0.39, 0.29) is 11.7 Å². The SMILES string of the molecule is O=CC1CCC2(CC2)O1. The molecule has 1 saturated heterocycles. The van der Waals surface area contributed by atoms with Gasteiger partial charge in [-0.2, -0.15) is 0 Å². The Morgan fingerprint density at radius 1 is 1.44 bits per heavy atom. The largest absolute Gasteiger partial charge is 0.364 e. The lowest BCUT2D eigenvalue weighted by Crippen LogP contribution is -2.11. The molecular weight excluding hydrogens is 116 g/mol. The van der Waals surface area contributed by atoms with Crippen molar-refractivity contribution in [1.29, 1.82) is 0 Å². The molecule has 1 atom stereocenters. The highest BCUT2D eigenvalue weighted by molar-refractivity contribution is 5.56. The average molecular weight is 126 g/mol. The van der Waals surface area contributed by atoms with Gasteiger partial charge in [-0.05, 0) is 25.7 Å². The number of ether oxygens (including phenoxy) is 1. The van der Waals surface area contributed by atoms with Crippen LogP contribution in [-0.4, -0.2) is 18.0 Å². The van der Waals surface area contributed by atoms with E-state index in [0.717, 1.165) is 19.1 Å². The zero-order chi connectivity index (χ0) is 6.32. The number of hydrogen-bond donors (Lipinski definition) is 0. The van der Waals surface area contributed by atoms with Crippen LogP contribution in [0, 0.1) is 0 Å². The molecule has 2 heteroatoms. The van der Waals surface area contributed by atoms with Crippen molar-refractivity contribution in [2.45, 2.75) is 37.4 Å². The maximum absolute atomic E-state index is 10.2. The highest BCUT2D eigenvalue weighted by Crippen LogP contribution is 2.48. The molecule has 1 spiro atoms. The average Bonchev–Trinajstić information content (AvgIpc) is 2.44. The van der Waals surface area contributed by atoms with Crippen LogP contribution in [0.3, 0.4) is 0 Å². The molecule has 0 aromatic carbocycles. The van der Waals surface area contributed by atoms with Crippen molar-refractivity contribution in [2.75, 3.05) is 0 Å². The molecule has 0 bridgehead atoms. The van der Waals surface area contributed by atoms with E-state index in [1.807, 2.05) is 0 Å². The molecule has 1 saturated carbocycles. The molecule has 1 unspecified atom stereocenters. The molecule has 0 aromatic rings.